The number of carbonyl (C=O) groups excluding carboxylic acids is 1. The third kappa shape index (κ3) is 8.02. The van der Waals surface area contributed by atoms with E-state index in [-0.39, 0.29) is 6.54 Å². The molecule has 0 rings (SSSR count). The van der Waals surface area contributed by atoms with Crippen LogP contribution in [-0.2, 0) is 14.9 Å². The number of ether oxygens (including phenoxy) is 1. The van der Waals surface area contributed by atoms with Gasteiger partial charge in [-0.15, -0.1) is 0 Å². The minimum atomic E-state index is -3.51. The third-order valence-corrected chi connectivity index (χ3v) is 3.49. The van der Waals surface area contributed by atoms with Gasteiger partial charge in [0.15, 0.2) is 0 Å². The van der Waals surface area contributed by atoms with Crippen molar-refractivity contribution in [1.29, 1.82) is 0 Å². The van der Waals surface area contributed by atoms with E-state index in [1.54, 1.807) is 34.6 Å². The van der Waals surface area contributed by atoms with E-state index in [4.69, 9.17) is 4.74 Å². The van der Waals surface area contributed by atoms with E-state index in [2.05, 4.69) is 10.0 Å². The average Bonchev–Trinajstić information content (AvgIpc) is 2.10. The normalized spacial score (nSPS) is 13.5. The molecule has 0 radical (unpaired) electrons. The van der Waals surface area contributed by atoms with E-state index in [1.165, 1.54) is 14.1 Å². The summed E-state index contributed by atoms with van der Waals surface area (Å²) < 4.78 is 31.7. The first-order valence-corrected chi connectivity index (χ1v) is 7.37. The molecule has 0 saturated carbocycles. The lowest BCUT2D eigenvalue weighted by Gasteiger charge is -2.29. The van der Waals surface area contributed by atoms with Crippen LogP contribution >= 0.6 is 0 Å². The molecule has 0 aromatic carbocycles. The fraction of sp³-hybridized carbons (Fsp3) is 0.909. The summed E-state index contributed by atoms with van der Waals surface area (Å²) in [4.78, 5) is 11.6. The zero-order valence-corrected chi connectivity index (χ0v) is 13.5. The van der Waals surface area contributed by atoms with Crippen LogP contribution in [0.5, 0.6) is 0 Å². The number of nitrogens with one attached hydrogen (secondary N) is 2. The van der Waals surface area contributed by atoms with Crippen LogP contribution in [-0.4, -0.2) is 50.6 Å². The van der Waals surface area contributed by atoms with E-state index in [9.17, 15) is 13.2 Å². The Morgan fingerprint density at radius 2 is 1.63 bits per heavy atom. The Bertz CT molecular complexity index is 410. The molecular formula is C11H25N3O4S. The quantitative estimate of drug-likeness (QED) is 0.781. The number of carbonyl (C=O) groups is 1. The molecule has 0 saturated heterocycles. The van der Waals surface area contributed by atoms with Crippen LogP contribution < -0.4 is 10.0 Å². The highest BCUT2D eigenvalue weighted by molar-refractivity contribution is 7.87. The average molecular weight is 295 g/mol. The molecule has 1 amide bonds. The lowest BCUT2D eigenvalue weighted by molar-refractivity contribution is 0.0474. The van der Waals surface area contributed by atoms with Crippen molar-refractivity contribution in [3.63, 3.8) is 0 Å². The Morgan fingerprint density at radius 1 is 1.16 bits per heavy atom. The van der Waals surface area contributed by atoms with Crippen LogP contribution in [0.3, 0.4) is 0 Å². The standard InChI is InChI=1S/C11H25N3O4S/c1-10(2,3)18-9(15)13-11(4,5)8-12-19(16,17)14(6)7/h12H,8H2,1-7H3,(H,13,15). The predicted octanol–water partition coefficient (Wildman–Crippen LogP) is 0.686. The van der Waals surface area contributed by atoms with Crippen molar-refractivity contribution in [3.8, 4) is 0 Å². The second-order valence-corrected chi connectivity index (χ2v) is 8.09. The van der Waals surface area contributed by atoms with Crippen LogP contribution in [0.25, 0.3) is 0 Å². The molecule has 0 unspecified atom stereocenters. The molecule has 2 N–H and O–H groups in total. The van der Waals surface area contributed by atoms with Crippen molar-refractivity contribution in [3.05, 3.63) is 0 Å². The summed E-state index contributed by atoms with van der Waals surface area (Å²) in [6.45, 7) is 8.74. The summed E-state index contributed by atoms with van der Waals surface area (Å²) in [5.74, 6) is 0. The summed E-state index contributed by atoms with van der Waals surface area (Å²) in [6.07, 6.45) is -0.582. The zero-order chi connectivity index (χ0) is 15.5. The molecule has 0 fully saturated rings. The maximum Gasteiger partial charge on any atom is 0.408 e. The van der Waals surface area contributed by atoms with Crippen molar-refractivity contribution in [2.45, 2.75) is 45.8 Å². The molecule has 0 aromatic rings. The molecule has 114 valence electrons. The second kappa shape index (κ2) is 6.06. The number of nitrogens with zero attached hydrogens (tertiary/aromatic N) is 1. The highest BCUT2D eigenvalue weighted by Crippen LogP contribution is 2.09. The van der Waals surface area contributed by atoms with E-state index < -0.39 is 27.4 Å². The van der Waals surface area contributed by atoms with Crippen LogP contribution in [0.2, 0.25) is 0 Å². The molecule has 0 atom stereocenters. The summed E-state index contributed by atoms with van der Waals surface area (Å²) in [5, 5.41) is 2.62. The van der Waals surface area contributed by atoms with Gasteiger partial charge >= 0.3 is 6.09 Å². The van der Waals surface area contributed by atoms with E-state index in [0.29, 0.717) is 0 Å². The Labute approximate surface area is 115 Å². The van der Waals surface area contributed by atoms with Gasteiger partial charge < -0.3 is 10.1 Å². The SMILES string of the molecule is CN(C)S(=O)(=O)NCC(C)(C)NC(=O)OC(C)(C)C. The summed E-state index contributed by atoms with van der Waals surface area (Å²) in [7, 11) is -0.657. The Kier molecular flexibility index (Phi) is 5.79. The predicted molar refractivity (Wildman–Crippen MR) is 74.1 cm³/mol. The molecule has 0 aliphatic carbocycles. The van der Waals surface area contributed by atoms with Crippen molar-refractivity contribution < 1.29 is 17.9 Å². The topological polar surface area (TPSA) is 87.7 Å². The van der Waals surface area contributed by atoms with Crippen molar-refractivity contribution in [1.82, 2.24) is 14.3 Å². The molecule has 0 spiro atoms. The van der Waals surface area contributed by atoms with Crippen molar-refractivity contribution >= 4 is 16.3 Å². The first-order valence-electron chi connectivity index (χ1n) is 5.93. The van der Waals surface area contributed by atoms with Gasteiger partial charge in [0.2, 0.25) is 0 Å². The third-order valence-electron chi connectivity index (χ3n) is 2.02. The summed E-state index contributed by atoms with van der Waals surface area (Å²) in [5.41, 5.74) is -1.35. The van der Waals surface area contributed by atoms with Crippen LogP contribution in [0.4, 0.5) is 4.79 Å². The Hall–Kier alpha value is -0.860. The van der Waals surface area contributed by atoms with Gasteiger partial charge in [0, 0.05) is 20.6 Å². The first kappa shape index (κ1) is 18.1. The maximum atomic E-state index is 11.6. The number of alkyl carbamates (subject to hydrolysis) is 1. The molecule has 0 aliphatic rings. The van der Waals surface area contributed by atoms with E-state index >= 15 is 0 Å². The molecule has 8 heteroatoms. The maximum absolute atomic E-state index is 11.6. The summed E-state index contributed by atoms with van der Waals surface area (Å²) >= 11 is 0. The van der Waals surface area contributed by atoms with Gasteiger partial charge in [-0.2, -0.15) is 17.4 Å². The van der Waals surface area contributed by atoms with Gasteiger partial charge in [0.05, 0.1) is 5.54 Å². The molecule has 19 heavy (non-hydrogen) atoms. The smallest absolute Gasteiger partial charge is 0.408 e. The first-order chi connectivity index (χ1) is 8.25. The van der Waals surface area contributed by atoms with E-state index in [0.717, 1.165) is 4.31 Å². The minimum Gasteiger partial charge on any atom is -0.444 e. The molecule has 7 nitrogen and oxygen atoms in total. The lowest BCUT2D eigenvalue weighted by Crippen LogP contribution is -2.53. The Balaban J connectivity index is 4.46. The van der Waals surface area contributed by atoms with Crippen molar-refractivity contribution in [2.75, 3.05) is 20.6 Å². The van der Waals surface area contributed by atoms with Gasteiger partial charge in [-0.05, 0) is 34.6 Å². The fourth-order valence-electron chi connectivity index (χ4n) is 1.02. The Morgan fingerprint density at radius 3 is 2.00 bits per heavy atom. The van der Waals surface area contributed by atoms with Gasteiger partial charge in [0.1, 0.15) is 5.60 Å². The van der Waals surface area contributed by atoms with Gasteiger partial charge in [-0.3, -0.25) is 0 Å². The highest BCUT2D eigenvalue weighted by Gasteiger charge is 2.26. The molecule has 0 aromatic heterocycles. The highest BCUT2D eigenvalue weighted by atomic mass is 32.2. The zero-order valence-electron chi connectivity index (χ0n) is 12.7. The van der Waals surface area contributed by atoms with Crippen LogP contribution in [0.1, 0.15) is 34.6 Å². The molecule has 0 bridgehead atoms. The second-order valence-electron chi connectivity index (χ2n) is 6.12. The lowest BCUT2D eigenvalue weighted by atomic mass is 10.1. The van der Waals surface area contributed by atoms with Crippen LogP contribution in [0, 0.1) is 0 Å². The number of hydrogen-bond acceptors (Lipinski definition) is 4. The molecular weight excluding hydrogens is 270 g/mol. The van der Waals surface area contributed by atoms with Crippen molar-refractivity contribution in [2.24, 2.45) is 0 Å². The number of hydrogen-bond donors (Lipinski definition) is 2. The van der Waals surface area contributed by atoms with Gasteiger partial charge in [-0.1, -0.05) is 0 Å². The van der Waals surface area contributed by atoms with Gasteiger partial charge in [0.25, 0.3) is 10.2 Å². The molecule has 0 aliphatic heterocycles. The minimum absolute atomic E-state index is 0.0623. The largest absolute Gasteiger partial charge is 0.444 e. The van der Waals surface area contributed by atoms with Crippen LogP contribution in [0.15, 0.2) is 0 Å². The molecule has 0 heterocycles. The van der Waals surface area contributed by atoms with Gasteiger partial charge in [-0.25, -0.2) is 4.79 Å². The fourth-order valence-corrected chi connectivity index (χ4v) is 1.83. The van der Waals surface area contributed by atoms with E-state index in [1.807, 2.05) is 0 Å². The number of amides is 1. The number of rotatable bonds is 5. The summed E-state index contributed by atoms with van der Waals surface area (Å²) in [6, 6.07) is 0. The monoisotopic (exact) mass is 295 g/mol.